The van der Waals surface area contributed by atoms with Gasteiger partial charge in [-0.3, -0.25) is 9.98 Å². The minimum Gasteiger partial charge on any atom is -0.497 e. The van der Waals surface area contributed by atoms with Crippen LogP contribution in [0.3, 0.4) is 0 Å². The molecule has 4 nitrogen and oxygen atoms in total. The molecule has 0 spiro atoms. The highest BCUT2D eigenvalue weighted by molar-refractivity contribution is 8.13. The smallest absolute Gasteiger partial charge is 0.118 e. The summed E-state index contributed by atoms with van der Waals surface area (Å²) < 4.78 is 5.26. The Morgan fingerprint density at radius 2 is 2.11 bits per heavy atom. The Morgan fingerprint density at radius 1 is 1.29 bits per heavy atom. The molecule has 0 radical (unpaired) electrons. The predicted octanol–water partition coefficient (Wildman–Crippen LogP) is 4.86. The molecule has 0 bridgehead atoms. The van der Waals surface area contributed by atoms with E-state index in [1.165, 1.54) is 24.0 Å². The van der Waals surface area contributed by atoms with Gasteiger partial charge in [0.15, 0.2) is 0 Å². The molecule has 0 saturated heterocycles. The van der Waals surface area contributed by atoms with Crippen molar-refractivity contribution in [2.45, 2.75) is 43.3 Å². The number of thioether (sulfide) groups is 1. The molecular formula is C23H30N2O2S. The fourth-order valence-electron chi connectivity index (χ4n) is 4.47. The van der Waals surface area contributed by atoms with Crippen LogP contribution in [0.1, 0.15) is 43.2 Å². The van der Waals surface area contributed by atoms with Crippen molar-refractivity contribution < 1.29 is 9.84 Å². The standard InChI is InChI=1S/C23H30N2O2S/c1-24-22(28-17-18-8-10-21(27-2)11-9-18)23(20-7-5-14-25-16-20)13-4-3-6-19(23)12-15-26/h5,7-11,14,16,19,26H,3-4,6,12-13,15,17H2,1-2H3/t19-,23+/m1/s1. The van der Waals surface area contributed by atoms with Gasteiger partial charge in [0.2, 0.25) is 0 Å². The second-order valence-electron chi connectivity index (χ2n) is 7.33. The number of ether oxygens (including phenoxy) is 1. The summed E-state index contributed by atoms with van der Waals surface area (Å²) in [6.07, 6.45) is 9.20. The Kier molecular flexibility index (Phi) is 7.51. The lowest BCUT2D eigenvalue weighted by Gasteiger charge is -2.45. The van der Waals surface area contributed by atoms with Gasteiger partial charge in [0.1, 0.15) is 5.75 Å². The van der Waals surface area contributed by atoms with Gasteiger partial charge in [0.05, 0.1) is 12.2 Å². The van der Waals surface area contributed by atoms with Crippen molar-refractivity contribution in [2.75, 3.05) is 20.8 Å². The van der Waals surface area contributed by atoms with Crippen molar-refractivity contribution in [3.05, 3.63) is 59.9 Å². The number of pyridine rings is 1. The van der Waals surface area contributed by atoms with E-state index in [0.717, 1.165) is 35.8 Å². The van der Waals surface area contributed by atoms with E-state index in [-0.39, 0.29) is 12.0 Å². The van der Waals surface area contributed by atoms with E-state index < -0.39 is 0 Å². The summed E-state index contributed by atoms with van der Waals surface area (Å²) in [4.78, 5) is 9.20. The van der Waals surface area contributed by atoms with Crippen LogP contribution in [-0.2, 0) is 11.2 Å². The molecule has 28 heavy (non-hydrogen) atoms. The zero-order valence-corrected chi connectivity index (χ0v) is 17.6. The zero-order chi connectivity index (χ0) is 19.8. The fourth-order valence-corrected chi connectivity index (χ4v) is 5.74. The number of methoxy groups -OCH3 is 1. The van der Waals surface area contributed by atoms with E-state index >= 15 is 0 Å². The summed E-state index contributed by atoms with van der Waals surface area (Å²) in [6, 6.07) is 12.4. The Balaban J connectivity index is 1.90. The Hall–Kier alpha value is -1.85. The molecule has 1 aromatic heterocycles. The Bertz CT molecular complexity index is 762. The summed E-state index contributed by atoms with van der Waals surface area (Å²) >= 11 is 1.82. The van der Waals surface area contributed by atoms with Crippen molar-refractivity contribution >= 4 is 16.8 Å². The third-order valence-electron chi connectivity index (χ3n) is 5.84. The summed E-state index contributed by atoms with van der Waals surface area (Å²) in [5.74, 6) is 2.13. The van der Waals surface area contributed by atoms with Crippen molar-refractivity contribution in [3.8, 4) is 5.75 Å². The van der Waals surface area contributed by atoms with Crippen LogP contribution < -0.4 is 4.74 Å². The van der Waals surface area contributed by atoms with Gasteiger partial charge in [-0.2, -0.15) is 0 Å². The van der Waals surface area contributed by atoms with E-state index in [2.05, 4.69) is 23.2 Å². The molecule has 2 aromatic rings. The molecule has 3 rings (SSSR count). The highest BCUT2D eigenvalue weighted by atomic mass is 32.2. The van der Waals surface area contributed by atoms with E-state index in [1.807, 2.05) is 49.4 Å². The van der Waals surface area contributed by atoms with Crippen molar-refractivity contribution in [1.82, 2.24) is 4.98 Å². The van der Waals surface area contributed by atoms with Gasteiger partial charge in [-0.25, -0.2) is 0 Å². The molecule has 0 aliphatic heterocycles. The summed E-state index contributed by atoms with van der Waals surface area (Å²) in [5.41, 5.74) is 2.33. The maximum absolute atomic E-state index is 9.74. The summed E-state index contributed by atoms with van der Waals surface area (Å²) in [6.45, 7) is 0.215. The average Bonchev–Trinajstić information content (AvgIpc) is 2.76. The molecule has 5 heteroatoms. The zero-order valence-electron chi connectivity index (χ0n) is 16.8. The number of aliphatic hydroxyl groups is 1. The number of nitrogens with zero attached hydrogens (tertiary/aromatic N) is 2. The average molecular weight is 399 g/mol. The third-order valence-corrected chi connectivity index (χ3v) is 7.14. The molecule has 2 atom stereocenters. The van der Waals surface area contributed by atoms with Crippen molar-refractivity contribution in [2.24, 2.45) is 10.9 Å². The first-order valence-electron chi connectivity index (χ1n) is 9.99. The fraction of sp³-hybridized carbons (Fsp3) is 0.478. The topological polar surface area (TPSA) is 54.7 Å². The maximum atomic E-state index is 9.74. The third kappa shape index (κ3) is 4.41. The first-order valence-corrected chi connectivity index (χ1v) is 11.0. The normalized spacial score (nSPS) is 22.8. The first kappa shape index (κ1) is 20.9. The van der Waals surface area contributed by atoms with Crippen LogP contribution in [0.15, 0.2) is 53.8 Å². The minimum absolute atomic E-state index is 0.152. The number of hydrogen-bond acceptors (Lipinski definition) is 5. The van der Waals surface area contributed by atoms with Crippen LogP contribution in [0, 0.1) is 5.92 Å². The second kappa shape index (κ2) is 10.1. The molecule has 1 N–H and O–H groups in total. The van der Waals surface area contributed by atoms with Gasteiger partial charge >= 0.3 is 0 Å². The van der Waals surface area contributed by atoms with E-state index in [1.54, 1.807) is 7.11 Å². The second-order valence-corrected chi connectivity index (χ2v) is 8.30. The molecule has 1 aliphatic rings. The van der Waals surface area contributed by atoms with Crippen LogP contribution in [-0.4, -0.2) is 35.9 Å². The summed E-state index contributed by atoms with van der Waals surface area (Å²) in [5, 5.41) is 10.9. The SMILES string of the molecule is CN=C(SCc1ccc(OC)cc1)[C@@]1(c2cccnc2)CCCC[C@@H]1CCO. The van der Waals surface area contributed by atoms with Gasteiger partial charge in [0.25, 0.3) is 0 Å². The van der Waals surface area contributed by atoms with E-state index in [0.29, 0.717) is 5.92 Å². The van der Waals surface area contributed by atoms with Crippen LogP contribution in [0.2, 0.25) is 0 Å². The molecule has 1 saturated carbocycles. The maximum Gasteiger partial charge on any atom is 0.118 e. The molecule has 150 valence electrons. The Labute approximate surface area is 172 Å². The van der Waals surface area contributed by atoms with E-state index in [4.69, 9.17) is 9.73 Å². The molecule has 1 aliphatic carbocycles. The molecule has 1 aromatic carbocycles. The monoisotopic (exact) mass is 398 g/mol. The van der Waals surface area contributed by atoms with Gasteiger partial charge in [-0.05, 0) is 54.5 Å². The lowest BCUT2D eigenvalue weighted by atomic mass is 9.62. The number of rotatable bonds is 7. The van der Waals surface area contributed by atoms with Gasteiger partial charge in [-0.1, -0.05) is 31.0 Å². The van der Waals surface area contributed by atoms with E-state index in [9.17, 15) is 5.11 Å². The van der Waals surface area contributed by atoms with Crippen molar-refractivity contribution in [3.63, 3.8) is 0 Å². The van der Waals surface area contributed by atoms with Gasteiger partial charge < -0.3 is 9.84 Å². The van der Waals surface area contributed by atoms with Gasteiger partial charge in [-0.15, -0.1) is 11.8 Å². The van der Waals surface area contributed by atoms with Crippen LogP contribution in [0.5, 0.6) is 5.75 Å². The predicted molar refractivity (Wildman–Crippen MR) is 117 cm³/mol. The number of aliphatic hydroxyl groups excluding tert-OH is 1. The molecule has 1 fully saturated rings. The van der Waals surface area contributed by atoms with Crippen LogP contribution in [0.4, 0.5) is 0 Å². The highest BCUT2D eigenvalue weighted by Crippen LogP contribution is 2.49. The van der Waals surface area contributed by atoms with Crippen LogP contribution in [0.25, 0.3) is 0 Å². The molecule has 1 heterocycles. The minimum atomic E-state index is -0.152. The first-order chi connectivity index (χ1) is 13.7. The lowest BCUT2D eigenvalue weighted by molar-refractivity contribution is 0.186. The molecular weight excluding hydrogens is 368 g/mol. The quantitative estimate of drug-likeness (QED) is 0.534. The number of hydrogen-bond donors (Lipinski definition) is 1. The largest absolute Gasteiger partial charge is 0.497 e. The molecule has 0 amide bonds. The van der Waals surface area contributed by atoms with Gasteiger partial charge in [0, 0.05) is 37.2 Å². The Morgan fingerprint density at radius 3 is 2.75 bits per heavy atom. The number of aromatic nitrogens is 1. The summed E-state index contributed by atoms with van der Waals surface area (Å²) in [7, 11) is 3.59. The van der Waals surface area contributed by atoms with Crippen molar-refractivity contribution in [1.29, 1.82) is 0 Å². The lowest BCUT2D eigenvalue weighted by Crippen LogP contribution is -2.44. The van der Waals surface area contributed by atoms with Crippen LogP contribution >= 0.6 is 11.8 Å². The number of benzene rings is 1. The number of aliphatic imine (C=N–C) groups is 1. The highest BCUT2D eigenvalue weighted by Gasteiger charge is 2.46. The molecule has 0 unspecified atom stereocenters.